The van der Waals surface area contributed by atoms with Gasteiger partial charge >= 0.3 is 6.18 Å². The normalized spacial score (nSPS) is 17.2. The average molecular weight is 567 g/mol. The smallest absolute Gasteiger partial charge is 0.420 e. The molecule has 0 saturated heterocycles. The lowest BCUT2D eigenvalue weighted by molar-refractivity contribution is -0.138. The van der Waals surface area contributed by atoms with E-state index in [-0.39, 0.29) is 27.1 Å². The molecule has 1 saturated carbocycles. The molecule has 0 bridgehead atoms. The van der Waals surface area contributed by atoms with E-state index in [2.05, 4.69) is 26.0 Å². The summed E-state index contributed by atoms with van der Waals surface area (Å²) in [6.45, 7) is 4.33. The Kier molecular flexibility index (Phi) is 7.60. The van der Waals surface area contributed by atoms with Crippen molar-refractivity contribution in [1.82, 2.24) is 4.72 Å². The average Bonchev–Trinajstić information content (AvgIpc) is 2.75. The molecule has 0 amide bonds. The van der Waals surface area contributed by atoms with Gasteiger partial charge in [-0.1, -0.05) is 26.7 Å². The van der Waals surface area contributed by atoms with Gasteiger partial charge in [-0.15, -0.1) is 0 Å². The van der Waals surface area contributed by atoms with Crippen molar-refractivity contribution in [3.63, 3.8) is 0 Å². The van der Waals surface area contributed by atoms with Crippen LogP contribution in [0.4, 0.5) is 23.2 Å². The zero-order chi connectivity index (χ0) is 25.4. The van der Waals surface area contributed by atoms with E-state index in [1.54, 1.807) is 12.1 Å². The van der Waals surface area contributed by atoms with Gasteiger partial charge in [0.05, 0.1) is 23.1 Å². The lowest BCUT2D eigenvalue weighted by atomic mass is 9.55. The fourth-order valence-corrected chi connectivity index (χ4v) is 7.13. The van der Waals surface area contributed by atoms with E-state index in [1.165, 1.54) is 12.1 Å². The van der Waals surface area contributed by atoms with E-state index in [9.17, 15) is 26.0 Å². The number of methoxy groups -OCH3 is 1. The number of alkyl halides is 3. The Hall–Kier alpha value is -1.85. The molecule has 2 aromatic carbocycles. The molecule has 5 nitrogen and oxygen atoms in total. The van der Waals surface area contributed by atoms with Gasteiger partial charge in [-0.05, 0) is 64.5 Å². The van der Waals surface area contributed by atoms with Crippen molar-refractivity contribution in [2.45, 2.75) is 56.1 Å². The van der Waals surface area contributed by atoms with Crippen LogP contribution >= 0.6 is 15.9 Å². The van der Waals surface area contributed by atoms with E-state index in [0.717, 1.165) is 26.0 Å². The van der Waals surface area contributed by atoms with E-state index in [1.807, 2.05) is 13.8 Å². The van der Waals surface area contributed by atoms with Crippen molar-refractivity contribution >= 4 is 31.6 Å². The molecule has 1 aliphatic carbocycles. The lowest BCUT2D eigenvalue weighted by Gasteiger charge is -2.56. The number of ether oxygens (including phenoxy) is 1. The summed E-state index contributed by atoms with van der Waals surface area (Å²) in [7, 11) is -3.17. The number of nitrogens with one attached hydrogen (secondary N) is 2. The van der Waals surface area contributed by atoms with Gasteiger partial charge in [-0.25, -0.2) is 17.5 Å². The molecule has 11 heteroatoms. The molecule has 34 heavy (non-hydrogen) atoms. The number of hydrogen-bond donors (Lipinski definition) is 2. The molecule has 0 radical (unpaired) electrons. The van der Waals surface area contributed by atoms with E-state index in [0.29, 0.717) is 24.6 Å². The molecule has 2 N–H and O–H groups in total. The second-order valence-corrected chi connectivity index (χ2v) is 11.3. The van der Waals surface area contributed by atoms with Crippen LogP contribution < -0.4 is 14.8 Å². The van der Waals surface area contributed by atoms with Crippen molar-refractivity contribution in [2.24, 2.45) is 5.41 Å². The summed E-state index contributed by atoms with van der Waals surface area (Å²) in [4.78, 5) is -0.344. The Balaban J connectivity index is 1.93. The zero-order valence-electron chi connectivity index (χ0n) is 19.0. The summed E-state index contributed by atoms with van der Waals surface area (Å²) >= 11 is 2.99. The third-order valence-electron chi connectivity index (χ3n) is 6.60. The van der Waals surface area contributed by atoms with Crippen LogP contribution in [0.15, 0.2) is 45.8 Å². The monoisotopic (exact) mass is 566 g/mol. The first-order valence-corrected chi connectivity index (χ1v) is 13.0. The van der Waals surface area contributed by atoms with Gasteiger partial charge < -0.3 is 10.1 Å². The highest BCUT2D eigenvalue weighted by atomic mass is 79.9. The maximum Gasteiger partial charge on any atom is 0.420 e. The van der Waals surface area contributed by atoms with Gasteiger partial charge in [0.25, 0.3) is 0 Å². The topological polar surface area (TPSA) is 67.4 Å². The van der Waals surface area contributed by atoms with Crippen molar-refractivity contribution < 1.29 is 30.7 Å². The van der Waals surface area contributed by atoms with Crippen LogP contribution in [0.1, 0.15) is 45.1 Å². The van der Waals surface area contributed by atoms with E-state index < -0.39 is 33.1 Å². The Morgan fingerprint density at radius 2 is 1.68 bits per heavy atom. The summed E-state index contributed by atoms with van der Waals surface area (Å²) in [6, 6.07) is 7.30. The van der Waals surface area contributed by atoms with Gasteiger partial charge in [-0.3, -0.25) is 0 Å². The van der Waals surface area contributed by atoms with Crippen molar-refractivity contribution in [1.29, 1.82) is 0 Å². The molecule has 0 atom stereocenters. The second kappa shape index (κ2) is 9.66. The molecule has 1 aliphatic rings. The minimum Gasteiger partial charge on any atom is -0.496 e. The maximum absolute atomic E-state index is 13.4. The standard InChI is InChI=1S/C23H27BrF4N2O3S/c1-4-21(5-2)12-22(13-21,14-29-16-8-6-15(25)7-9-16)30-34(31,32)20-11-19(33-3)17(10-18(20)24)23(26,27)28/h6-11,29-30H,4-5,12-14H2,1-3H3. The number of sulfonamides is 1. The van der Waals surface area contributed by atoms with Crippen LogP contribution in [0.25, 0.3) is 0 Å². The minimum atomic E-state index is -4.71. The summed E-state index contributed by atoms with van der Waals surface area (Å²) in [6.07, 6.45) is -1.88. The van der Waals surface area contributed by atoms with Crippen molar-refractivity contribution in [2.75, 3.05) is 19.0 Å². The van der Waals surface area contributed by atoms with E-state index >= 15 is 0 Å². The number of halogens is 5. The third-order valence-corrected chi connectivity index (χ3v) is 9.14. The molecular weight excluding hydrogens is 540 g/mol. The maximum atomic E-state index is 13.4. The Bertz CT molecular complexity index is 1130. The van der Waals surface area contributed by atoms with Crippen LogP contribution in [-0.4, -0.2) is 27.6 Å². The molecule has 0 unspecified atom stereocenters. The Morgan fingerprint density at radius 3 is 2.18 bits per heavy atom. The zero-order valence-corrected chi connectivity index (χ0v) is 21.4. The van der Waals surface area contributed by atoms with Gasteiger partial charge in [0.1, 0.15) is 11.6 Å². The van der Waals surface area contributed by atoms with Crippen LogP contribution in [0.3, 0.4) is 0 Å². The first kappa shape index (κ1) is 26.7. The predicted octanol–water partition coefficient (Wildman–Crippen LogP) is 6.35. The molecule has 188 valence electrons. The van der Waals surface area contributed by atoms with Crippen molar-refractivity contribution in [3.05, 3.63) is 52.3 Å². The van der Waals surface area contributed by atoms with Crippen molar-refractivity contribution in [3.8, 4) is 5.75 Å². The molecule has 0 spiro atoms. The third kappa shape index (κ3) is 5.52. The fourth-order valence-electron chi connectivity index (χ4n) is 4.68. The largest absolute Gasteiger partial charge is 0.496 e. The molecular formula is C23H27BrF4N2O3S. The quantitative estimate of drug-likeness (QED) is 0.347. The van der Waals surface area contributed by atoms with Gasteiger partial charge in [-0.2, -0.15) is 13.2 Å². The SMILES string of the molecule is CCC1(CC)CC(CNc2ccc(F)cc2)(NS(=O)(=O)c2cc(OC)c(C(F)(F)F)cc2Br)C1. The van der Waals surface area contributed by atoms with Gasteiger partial charge in [0.15, 0.2) is 0 Å². The highest BCUT2D eigenvalue weighted by Gasteiger charge is 2.54. The van der Waals surface area contributed by atoms with E-state index in [4.69, 9.17) is 4.74 Å². The number of anilines is 1. The highest BCUT2D eigenvalue weighted by molar-refractivity contribution is 9.10. The molecule has 3 rings (SSSR count). The summed E-state index contributed by atoms with van der Waals surface area (Å²) < 4.78 is 87.4. The van der Waals surface area contributed by atoms with Crippen LogP contribution in [-0.2, 0) is 16.2 Å². The van der Waals surface area contributed by atoms with Gasteiger partial charge in [0, 0.05) is 22.8 Å². The summed E-state index contributed by atoms with van der Waals surface area (Å²) in [5, 5.41) is 3.16. The summed E-state index contributed by atoms with van der Waals surface area (Å²) in [5.41, 5.74) is -1.35. The molecule has 0 aromatic heterocycles. The Labute approximate surface area is 205 Å². The highest BCUT2D eigenvalue weighted by Crippen LogP contribution is 2.54. The molecule has 0 heterocycles. The lowest BCUT2D eigenvalue weighted by Crippen LogP contribution is -2.65. The predicted molar refractivity (Wildman–Crippen MR) is 126 cm³/mol. The van der Waals surface area contributed by atoms with Gasteiger partial charge in [0.2, 0.25) is 10.0 Å². The number of rotatable bonds is 9. The first-order valence-electron chi connectivity index (χ1n) is 10.8. The first-order chi connectivity index (χ1) is 15.8. The second-order valence-electron chi connectivity index (χ2n) is 8.79. The van der Waals surface area contributed by atoms with Crippen LogP contribution in [0, 0.1) is 11.2 Å². The molecule has 1 fully saturated rings. The summed E-state index contributed by atoms with van der Waals surface area (Å²) in [5.74, 6) is -0.971. The Morgan fingerprint density at radius 1 is 1.09 bits per heavy atom. The fraction of sp³-hybridized carbons (Fsp3) is 0.478. The minimum absolute atomic E-state index is 0.0396. The molecule has 0 aliphatic heterocycles. The number of hydrogen-bond acceptors (Lipinski definition) is 4. The van der Waals surface area contributed by atoms with Crippen LogP contribution in [0.2, 0.25) is 0 Å². The molecule has 2 aromatic rings. The number of benzene rings is 2. The van der Waals surface area contributed by atoms with Crippen LogP contribution in [0.5, 0.6) is 5.75 Å².